The highest BCUT2D eigenvalue weighted by Gasteiger charge is 2.16. The molecule has 104 valence electrons. The van der Waals surface area contributed by atoms with E-state index in [0.717, 1.165) is 18.0 Å². The molecule has 0 fully saturated rings. The maximum Gasteiger partial charge on any atom is 0.0456 e. The van der Waals surface area contributed by atoms with Crippen molar-refractivity contribution in [2.24, 2.45) is 0 Å². The fourth-order valence-electron chi connectivity index (χ4n) is 2.36. The molecule has 0 spiro atoms. The Labute approximate surface area is 132 Å². The molecule has 0 saturated carbocycles. The van der Waals surface area contributed by atoms with Crippen LogP contribution < -0.4 is 5.32 Å². The Balaban J connectivity index is 1.89. The number of nitrogens with one attached hydrogen (secondary N) is 1. The summed E-state index contributed by atoms with van der Waals surface area (Å²) < 4.78 is 2.76. The summed E-state index contributed by atoms with van der Waals surface area (Å²) in [6.45, 7) is 3.11. The fourth-order valence-corrected chi connectivity index (χ4v) is 4.77. The van der Waals surface area contributed by atoms with Gasteiger partial charge in [0.1, 0.15) is 0 Å². The molecule has 1 unspecified atom stereocenters. The van der Waals surface area contributed by atoms with Gasteiger partial charge in [0.25, 0.3) is 0 Å². The predicted molar refractivity (Wildman–Crippen MR) is 91.3 cm³/mol. The molecule has 0 amide bonds. The number of hydrogen-bond donors (Lipinski definition) is 1. The third-order valence-corrected chi connectivity index (χ3v) is 5.91. The van der Waals surface area contributed by atoms with E-state index in [-0.39, 0.29) is 0 Å². The first-order chi connectivity index (χ1) is 9.78. The molecule has 0 radical (unpaired) electrons. The minimum Gasteiger partial charge on any atom is -0.309 e. The maximum atomic E-state index is 6.29. The van der Waals surface area contributed by atoms with Crippen LogP contribution in [0.1, 0.15) is 23.4 Å². The summed E-state index contributed by atoms with van der Waals surface area (Å²) in [7, 11) is 0. The Morgan fingerprint density at radius 3 is 2.80 bits per heavy atom. The molecule has 0 bridgehead atoms. The number of benzene rings is 1. The first-order valence-electron chi connectivity index (χ1n) is 6.71. The minimum atomic E-state index is 0.337. The van der Waals surface area contributed by atoms with E-state index in [2.05, 4.69) is 41.9 Å². The van der Waals surface area contributed by atoms with Gasteiger partial charge in [-0.2, -0.15) is 0 Å². The highest BCUT2D eigenvalue weighted by molar-refractivity contribution is 7.26. The summed E-state index contributed by atoms with van der Waals surface area (Å²) in [5, 5.41) is 6.59. The molecular weight excluding hydrogens is 306 g/mol. The summed E-state index contributed by atoms with van der Waals surface area (Å²) in [5.74, 6) is 0. The van der Waals surface area contributed by atoms with E-state index >= 15 is 0 Å². The van der Waals surface area contributed by atoms with Crippen molar-refractivity contribution in [2.75, 3.05) is 6.54 Å². The van der Waals surface area contributed by atoms with Crippen molar-refractivity contribution in [3.8, 4) is 0 Å². The van der Waals surface area contributed by atoms with E-state index in [9.17, 15) is 0 Å². The largest absolute Gasteiger partial charge is 0.309 e. The monoisotopic (exact) mass is 321 g/mol. The Hall–Kier alpha value is -0.870. The second kappa shape index (κ2) is 6.27. The molecule has 2 heterocycles. The van der Waals surface area contributed by atoms with Gasteiger partial charge in [-0.05, 0) is 42.1 Å². The topological polar surface area (TPSA) is 12.0 Å². The second-order valence-corrected chi connectivity index (χ2v) is 7.17. The van der Waals surface area contributed by atoms with Crippen molar-refractivity contribution in [3.63, 3.8) is 0 Å². The molecule has 0 saturated heterocycles. The fraction of sp³-hybridized carbons (Fsp3) is 0.250. The van der Waals surface area contributed by atoms with Crippen LogP contribution in [0.15, 0.2) is 41.8 Å². The number of halogens is 1. The number of thiophene rings is 2. The van der Waals surface area contributed by atoms with E-state index < -0.39 is 0 Å². The minimum absolute atomic E-state index is 0.337. The van der Waals surface area contributed by atoms with Gasteiger partial charge < -0.3 is 5.32 Å². The van der Waals surface area contributed by atoms with Gasteiger partial charge in [0.15, 0.2) is 0 Å². The smallest absolute Gasteiger partial charge is 0.0456 e. The molecule has 3 rings (SSSR count). The van der Waals surface area contributed by atoms with Crippen molar-refractivity contribution in [1.29, 1.82) is 0 Å². The Bertz CT molecular complexity index is 673. The van der Waals surface area contributed by atoms with Gasteiger partial charge in [-0.25, -0.2) is 0 Å². The van der Waals surface area contributed by atoms with Crippen LogP contribution >= 0.6 is 34.3 Å². The van der Waals surface area contributed by atoms with Gasteiger partial charge >= 0.3 is 0 Å². The Morgan fingerprint density at radius 1 is 1.20 bits per heavy atom. The SMILES string of the molecule is CCNC(Cc1ccccc1Cl)c1cc2sccc2s1. The molecule has 20 heavy (non-hydrogen) atoms. The summed E-state index contributed by atoms with van der Waals surface area (Å²) in [6.07, 6.45) is 0.932. The standard InChI is InChI=1S/C16H16ClNS2/c1-2-18-13(9-11-5-3-4-6-12(11)17)15-10-16-14(20-15)7-8-19-16/h3-8,10,13,18H,2,9H2,1H3. The van der Waals surface area contributed by atoms with E-state index in [0.29, 0.717) is 6.04 Å². The number of rotatable bonds is 5. The molecule has 1 aromatic carbocycles. The van der Waals surface area contributed by atoms with Gasteiger partial charge in [-0.3, -0.25) is 0 Å². The van der Waals surface area contributed by atoms with Crippen LogP contribution in [0.5, 0.6) is 0 Å². The lowest BCUT2D eigenvalue weighted by molar-refractivity contribution is 0.558. The molecule has 1 nitrogen and oxygen atoms in total. The summed E-state index contributed by atoms with van der Waals surface area (Å²) in [5.41, 5.74) is 1.21. The zero-order valence-electron chi connectivity index (χ0n) is 11.2. The zero-order valence-corrected chi connectivity index (χ0v) is 13.6. The van der Waals surface area contributed by atoms with Crippen molar-refractivity contribution >= 4 is 43.7 Å². The van der Waals surface area contributed by atoms with E-state index in [4.69, 9.17) is 11.6 Å². The molecule has 0 aliphatic carbocycles. The molecule has 1 N–H and O–H groups in total. The normalized spacial score (nSPS) is 12.9. The summed E-state index contributed by atoms with van der Waals surface area (Å²) in [4.78, 5) is 1.40. The molecule has 3 aromatic rings. The highest BCUT2D eigenvalue weighted by Crippen LogP contribution is 2.35. The number of fused-ring (bicyclic) bond motifs is 1. The van der Waals surface area contributed by atoms with Crippen molar-refractivity contribution in [1.82, 2.24) is 5.32 Å². The van der Waals surface area contributed by atoms with Crippen LogP contribution in [-0.4, -0.2) is 6.54 Å². The first kappa shape index (κ1) is 14.1. The average Bonchev–Trinajstić information content (AvgIpc) is 3.01. The van der Waals surface area contributed by atoms with Crippen LogP contribution in [0.2, 0.25) is 5.02 Å². The van der Waals surface area contributed by atoms with Gasteiger partial charge in [-0.15, -0.1) is 22.7 Å². The third-order valence-electron chi connectivity index (χ3n) is 3.33. The van der Waals surface area contributed by atoms with Gasteiger partial charge in [0, 0.05) is 25.3 Å². The second-order valence-electron chi connectivity index (χ2n) is 4.70. The molecule has 1 atom stereocenters. The van der Waals surface area contributed by atoms with E-state index in [1.165, 1.54) is 19.8 Å². The van der Waals surface area contributed by atoms with Gasteiger partial charge in [0.2, 0.25) is 0 Å². The predicted octanol–water partition coefficient (Wildman–Crippen LogP) is 5.51. The lowest BCUT2D eigenvalue weighted by atomic mass is 10.0. The highest BCUT2D eigenvalue weighted by atomic mass is 35.5. The van der Waals surface area contributed by atoms with Gasteiger partial charge in [0.05, 0.1) is 0 Å². The van der Waals surface area contributed by atoms with Crippen LogP contribution in [0, 0.1) is 0 Å². The van der Waals surface area contributed by atoms with Crippen LogP contribution in [0.4, 0.5) is 0 Å². The molecule has 0 aliphatic rings. The molecule has 0 aliphatic heterocycles. The Kier molecular flexibility index (Phi) is 4.41. The lowest BCUT2D eigenvalue weighted by Gasteiger charge is -2.17. The van der Waals surface area contributed by atoms with Gasteiger partial charge in [-0.1, -0.05) is 36.7 Å². The van der Waals surface area contributed by atoms with E-state index in [1.54, 1.807) is 0 Å². The molecule has 2 aromatic heterocycles. The van der Waals surface area contributed by atoms with Crippen LogP contribution in [-0.2, 0) is 6.42 Å². The third kappa shape index (κ3) is 2.91. The Morgan fingerprint density at radius 2 is 2.05 bits per heavy atom. The number of hydrogen-bond acceptors (Lipinski definition) is 3. The number of likely N-dealkylation sites (N-methyl/N-ethyl adjacent to an activating group) is 1. The lowest BCUT2D eigenvalue weighted by Crippen LogP contribution is -2.22. The van der Waals surface area contributed by atoms with Crippen molar-refractivity contribution < 1.29 is 0 Å². The zero-order chi connectivity index (χ0) is 13.9. The average molecular weight is 322 g/mol. The van der Waals surface area contributed by atoms with Crippen molar-refractivity contribution in [3.05, 3.63) is 57.2 Å². The van der Waals surface area contributed by atoms with Crippen molar-refractivity contribution in [2.45, 2.75) is 19.4 Å². The summed E-state index contributed by atoms with van der Waals surface area (Å²) in [6, 6.07) is 13.0. The van der Waals surface area contributed by atoms with Crippen LogP contribution in [0.25, 0.3) is 9.40 Å². The maximum absolute atomic E-state index is 6.29. The quantitative estimate of drug-likeness (QED) is 0.653. The molecular formula is C16H16ClNS2. The van der Waals surface area contributed by atoms with E-state index in [1.807, 2.05) is 34.8 Å². The van der Waals surface area contributed by atoms with Crippen LogP contribution in [0.3, 0.4) is 0 Å². The summed E-state index contributed by atoms with van der Waals surface area (Å²) >= 11 is 9.98. The molecule has 4 heteroatoms. The first-order valence-corrected chi connectivity index (χ1v) is 8.79.